The van der Waals surface area contributed by atoms with Gasteiger partial charge in [-0.15, -0.1) is 0 Å². The second kappa shape index (κ2) is 7.37. The van der Waals surface area contributed by atoms with Gasteiger partial charge in [0.15, 0.2) is 0 Å². The Morgan fingerprint density at radius 3 is 2.82 bits per heavy atom. The van der Waals surface area contributed by atoms with Crippen LogP contribution in [0.15, 0.2) is 36.4 Å². The van der Waals surface area contributed by atoms with E-state index in [-0.39, 0.29) is 11.9 Å². The molecular formula is C23H27FN2O2. The molecule has 5 heteroatoms. The fraction of sp³-hybridized carbons (Fsp3) is 0.478. The molecule has 0 saturated carbocycles. The van der Waals surface area contributed by atoms with Gasteiger partial charge in [0.1, 0.15) is 11.6 Å². The standard InChI is InChI=1S/C23H27FN2O2/c24-17-7-6-16-13-20(22(27)19(16)14-17)25-18-8-10-26(11-9-18)21-5-1-3-15-4-2-12-28-23(15)21/h1,3,5-7,14,18,20,22,25,27H,2,4,8-13H2. The Morgan fingerprint density at radius 1 is 1.11 bits per heavy atom. The van der Waals surface area contributed by atoms with Crippen LogP contribution in [-0.2, 0) is 12.8 Å². The van der Waals surface area contributed by atoms with Gasteiger partial charge in [0.05, 0.1) is 18.4 Å². The zero-order chi connectivity index (χ0) is 19.1. The predicted molar refractivity (Wildman–Crippen MR) is 107 cm³/mol. The molecule has 2 heterocycles. The van der Waals surface area contributed by atoms with Crippen molar-refractivity contribution in [3.05, 3.63) is 58.9 Å². The lowest BCUT2D eigenvalue weighted by atomic mass is 10.00. The summed E-state index contributed by atoms with van der Waals surface area (Å²) in [6.07, 6.45) is 4.38. The van der Waals surface area contributed by atoms with Crippen molar-refractivity contribution in [2.45, 2.75) is 50.3 Å². The Hall–Kier alpha value is -2.11. The van der Waals surface area contributed by atoms with Crippen LogP contribution in [0.4, 0.5) is 10.1 Å². The van der Waals surface area contributed by atoms with Crippen molar-refractivity contribution in [1.82, 2.24) is 5.32 Å². The number of fused-ring (bicyclic) bond motifs is 2. The molecule has 2 aliphatic heterocycles. The second-order valence-electron chi connectivity index (χ2n) is 8.24. The van der Waals surface area contributed by atoms with E-state index in [1.165, 1.54) is 23.4 Å². The van der Waals surface area contributed by atoms with Gasteiger partial charge in [-0.25, -0.2) is 4.39 Å². The monoisotopic (exact) mass is 382 g/mol. The third-order valence-electron chi connectivity index (χ3n) is 6.45. The first-order chi connectivity index (χ1) is 13.7. The molecule has 0 spiro atoms. The third-order valence-corrected chi connectivity index (χ3v) is 6.45. The van der Waals surface area contributed by atoms with Crippen LogP contribution < -0.4 is 15.0 Å². The lowest BCUT2D eigenvalue weighted by molar-refractivity contribution is 0.131. The average Bonchev–Trinajstić information content (AvgIpc) is 3.03. The maximum Gasteiger partial charge on any atom is 0.145 e. The largest absolute Gasteiger partial charge is 0.491 e. The van der Waals surface area contributed by atoms with Crippen LogP contribution in [0, 0.1) is 5.82 Å². The number of aryl methyl sites for hydroxylation is 1. The number of nitrogens with one attached hydrogen (secondary N) is 1. The van der Waals surface area contributed by atoms with Crippen molar-refractivity contribution >= 4 is 5.69 Å². The molecule has 0 radical (unpaired) electrons. The lowest BCUT2D eigenvalue weighted by Crippen LogP contribution is -2.47. The zero-order valence-corrected chi connectivity index (χ0v) is 16.0. The number of piperidine rings is 1. The number of hydrogen-bond donors (Lipinski definition) is 2. The smallest absolute Gasteiger partial charge is 0.145 e. The van der Waals surface area contributed by atoms with Gasteiger partial charge < -0.3 is 20.1 Å². The fourth-order valence-corrected chi connectivity index (χ4v) is 4.95. The number of aliphatic hydroxyl groups excluding tert-OH is 1. The molecule has 148 valence electrons. The highest BCUT2D eigenvalue weighted by Crippen LogP contribution is 2.37. The highest BCUT2D eigenvalue weighted by Gasteiger charge is 2.33. The molecule has 5 rings (SSSR count). The summed E-state index contributed by atoms with van der Waals surface area (Å²) in [4.78, 5) is 2.43. The van der Waals surface area contributed by atoms with E-state index in [1.807, 2.05) is 0 Å². The summed E-state index contributed by atoms with van der Waals surface area (Å²) in [6, 6.07) is 11.6. The number of ether oxygens (including phenoxy) is 1. The van der Waals surface area contributed by atoms with Gasteiger partial charge in [-0.3, -0.25) is 0 Å². The zero-order valence-electron chi connectivity index (χ0n) is 16.0. The van der Waals surface area contributed by atoms with Gasteiger partial charge in [-0.2, -0.15) is 0 Å². The number of hydrogen-bond acceptors (Lipinski definition) is 4. The molecule has 2 N–H and O–H groups in total. The molecule has 2 unspecified atom stereocenters. The Bertz CT molecular complexity index is 864. The van der Waals surface area contributed by atoms with Crippen LogP contribution in [0.3, 0.4) is 0 Å². The Kier molecular flexibility index (Phi) is 4.73. The van der Waals surface area contributed by atoms with Gasteiger partial charge in [0.25, 0.3) is 0 Å². The highest BCUT2D eigenvalue weighted by molar-refractivity contribution is 5.62. The van der Waals surface area contributed by atoms with Crippen LogP contribution in [0.1, 0.15) is 42.1 Å². The summed E-state index contributed by atoms with van der Waals surface area (Å²) < 4.78 is 19.5. The quantitative estimate of drug-likeness (QED) is 0.854. The first-order valence-corrected chi connectivity index (χ1v) is 10.4. The maximum absolute atomic E-state index is 13.5. The fourth-order valence-electron chi connectivity index (χ4n) is 4.95. The van der Waals surface area contributed by atoms with E-state index in [9.17, 15) is 9.50 Å². The van der Waals surface area contributed by atoms with Crippen molar-refractivity contribution < 1.29 is 14.2 Å². The minimum absolute atomic E-state index is 0.0267. The number of nitrogens with zero attached hydrogens (tertiary/aromatic N) is 1. The van der Waals surface area contributed by atoms with E-state index in [4.69, 9.17) is 4.74 Å². The number of aliphatic hydroxyl groups is 1. The number of benzene rings is 2. The van der Waals surface area contributed by atoms with E-state index in [1.54, 1.807) is 6.07 Å². The minimum atomic E-state index is -0.627. The molecule has 2 aromatic carbocycles. The summed E-state index contributed by atoms with van der Waals surface area (Å²) in [7, 11) is 0. The molecule has 1 fully saturated rings. The van der Waals surface area contributed by atoms with Crippen LogP contribution in [-0.4, -0.2) is 36.9 Å². The molecule has 1 saturated heterocycles. The summed E-state index contributed by atoms with van der Waals surface area (Å²) >= 11 is 0. The number of rotatable bonds is 3. The number of anilines is 1. The molecule has 0 bridgehead atoms. The highest BCUT2D eigenvalue weighted by atomic mass is 19.1. The topological polar surface area (TPSA) is 44.7 Å². The number of halogens is 1. The van der Waals surface area contributed by atoms with Gasteiger partial charge in [0.2, 0.25) is 0 Å². The minimum Gasteiger partial charge on any atom is -0.491 e. The van der Waals surface area contributed by atoms with E-state index in [0.717, 1.165) is 68.7 Å². The third kappa shape index (κ3) is 3.27. The van der Waals surface area contributed by atoms with Crippen LogP contribution in [0.5, 0.6) is 5.75 Å². The lowest BCUT2D eigenvalue weighted by Gasteiger charge is -2.37. The van der Waals surface area contributed by atoms with E-state index >= 15 is 0 Å². The van der Waals surface area contributed by atoms with Crippen LogP contribution in [0.2, 0.25) is 0 Å². The summed E-state index contributed by atoms with van der Waals surface area (Å²) in [5, 5.41) is 14.2. The summed E-state index contributed by atoms with van der Waals surface area (Å²) in [5.74, 6) is 0.795. The van der Waals surface area contributed by atoms with Crippen molar-refractivity contribution in [2.24, 2.45) is 0 Å². The van der Waals surface area contributed by atoms with E-state index < -0.39 is 6.10 Å². The maximum atomic E-state index is 13.5. The molecule has 3 aliphatic rings. The molecule has 0 amide bonds. The number of para-hydroxylation sites is 1. The normalized spacial score (nSPS) is 24.6. The SMILES string of the molecule is OC1c2cc(F)ccc2CC1NC1CCN(c2cccc3c2OCCC3)CC1. The van der Waals surface area contributed by atoms with Crippen molar-refractivity contribution in [1.29, 1.82) is 0 Å². The van der Waals surface area contributed by atoms with Crippen molar-refractivity contribution in [2.75, 3.05) is 24.6 Å². The van der Waals surface area contributed by atoms with Gasteiger partial charge in [-0.05, 0) is 67.0 Å². The molecule has 2 atom stereocenters. The van der Waals surface area contributed by atoms with Gasteiger partial charge >= 0.3 is 0 Å². The Morgan fingerprint density at radius 2 is 1.96 bits per heavy atom. The van der Waals surface area contributed by atoms with Crippen molar-refractivity contribution in [3.63, 3.8) is 0 Å². The second-order valence-corrected chi connectivity index (χ2v) is 8.24. The Balaban J connectivity index is 1.22. The molecule has 4 nitrogen and oxygen atoms in total. The van der Waals surface area contributed by atoms with Crippen LogP contribution in [0.25, 0.3) is 0 Å². The molecule has 28 heavy (non-hydrogen) atoms. The molecule has 1 aliphatic carbocycles. The summed E-state index contributed by atoms with van der Waals surface area (Å²) in [6.45, 7) is 2.76. The van der Waals surface area contributed by atoms with Crippen LogP contribution >= 0.6 is 0 Å². The molecular weight excluding hydrogens is 355 g/mol. The first-order valence-electron chi connectivity index (χ1n) is 10.4. The Labute approximate surface area is 165 Å². The van der Waals surface area contributed by atoms with E-state index in [0.29, 0.717) is 6.04 Å². The average molecular weight is 382 g/mol. The first kappa shape index (κ1) is 18.0. The summed E-state index contributed by atoms with van der Waals surface area (Å²) in [5.41, 5.74) is 4.34. The molecule has 0 aromatic heterocycles. The van der Waals surface area contributed by atoms with E-state index in [2.05, 4.69) is 28.4 Å². The van der Waals surface area contributed by atoms with Gasteiger partial charge in [-0.1, -0.05) is 18.2 Å². The van der Waals surface area contributed by atoms with Gasteiger partial charge in [0, 0.05) is 25.2 Å². The predicted octanol–water partition coefficient (Wildman–Crippen LogP) is 3.37. The van der Waals surface area contributed by atoms with Crippen molar-refractivity contribution in [3.8, 4) is 5.75 Å². The molecule has 2 aromatic rings.